The number of aliphatic carboxylic acids is 1. The van der Waals surface area contributed by atoms with Gasteiger partial charge in [-0.15, -0.1) is 0 Å². The molecular formula is C24H24N2O6S. The number of ether oxygens (including phenoxy) is 2. The summed E-state index contributed by atoms with van der Waals surface area (Å²) in [4.78, 5) is 41.8. The quantitative estimate of drug-likeness (QED) is 0.443. The number of unbranched alkanes of at least 4 members (excludes halogenated alkanes) is 2. The van der Waals surface area contributed by atoms with E-state index in [9.17, 15) is 14.4 Å². The molecule has 0 bridgehead atoms. The van der Waals surface area contributed by atoms with Crippen LogP contribution in [0.15, 0.2) is 41.3 Å². The van der Waals surface area contributed by atoms with Gasteiger partial charge in [-0.25, -0.2) is 4.98 Å². The standard InChI is InChI=1S/C24H24N2O6S/c27-22(28)8-2-1-3-11-26-23(29)21(33-24(26)30)15-17-6-4-7-18(25-17)16-9-10-19-20(14-16)32-13-5-12-31-19/h4,6-7,9-10,14-15H,1-3,5,8,11-13H2,(H,27,28). The third kappa shape index (κ3) is 5.73. The lowest BCUT2D eigenvalue weighted by atomic mass is 10.1. The molecule has 4 rings (SSSR count). The molecule has 1 fully saturated rings. The highest BCUT2D eigenvalue weighted by atomic mass is 32.2. The molecule has 2 amide bonds. The second kappa shape index (κ2) is 10.5. The van der Waals surface area contributed by atoms with Crippen LogP contribution in [0, 0.1) is 0 Å². The lowest BCUT2D eigenvalue weighted by Crippen LogP contribution is -2.29. The predicted octanol–water partition coefficient (Wildman–Crippen LogP) is 4.59. The number of benzene rings is 1. The van der Waals surface area contributed by atoms with Crippen LogP contribution in [0.25, 0.3) is 17.3 Å². The van der Waals surface area contributed by atoms with Gasteiger partial charge in [0.1, 0.15) is 0 Å². The molecule has 1 aromatic carbocycles. The van der Waals surface area contributed by atoms with Crippen molar-refractivity contribution in [2.45, 2.75) is 32.1 Å². The van der Waals surface area contributed by atoms with Crippen molar-refractivity contribution in [3.8, 4) is 22.8 Å². The number of aromatic nitrogens is 1. The third-order valence-electron chi connectivity index (χ3n) is 5.24. The lowest BCUT2D eigenvalue weighted by Gasteiger charge is -2.11. The Hall–Kier alpha value is -3.33. The number of hydrogen-bond acceptors (Lipinski definition) is 7. The summed E-state index contributed by atoms with van der Waals surface area (Å²) >= 11 is 0.896. The van der Waals surface area contributed by atoms with E-state index in [-0.39, 0.29) is 24.1 Å². The predicted molar refractivity (Wildman–Crippen MR) is 124 cm³/mol. The Morgan fingerprint density at radius 2 is 1.91 bits per heavy atom. The molecule has 0 saturated carbocycles. The van der Waals surface area contributed by atoms with Gasteiger partial charge in [0.05, 0.1) is 29.5 Å². The minimum Gasteiger partial charge on any atom is -0.490 e. The summed E-state index contributed by atoms with van der Waals surface area (Å²) in [6.07, 6.45) is 4.30. The highest BCUT2D eigenvalue weighted by Gasteiger charge is 2.34. The molecule has 2 aromatic rings. The van der Waals surface area contributed by atoms with Crippen LogP contribution in [-0.2, 0) is 9.59 Å². The van der Waals surface area contributed by atoms with Gasteiger partial charge in [-0.05, 0) is 61.0 Å². The number of pyridine rings is 1. The molecule has 1 saturated heterocycles. The number of carbonyl (C=O) groups is 3. The first kappa shape index (κ1) is 22.8. The second-order valence-electron chi connectivity index (χ2n) is 7.70. The zero-order chi connectivity index (χ0) is 23.2. The number of hydrogen-bond donors (Lipinski definition) is 1. The van der Waals surface area contributed by atoms with Gasteiger partial charge in [0.25, 0.3) is 11.1 Å². The maximum absolute atomic E-state index is 12.7. The largest absolute Gasteiger partial charge is 0.490 e. The summed E-state index contributed by atoms with van der Waals surface area (Å²) in [6.45, 7) is 1.50. The molecule has 8 nitrogen and oxygen atoms in total. The van der Waals surface area contributed by atoms with E-state index in [1.165, 1.54) is 4.90 Å². The Kier molecular flexibility index (Phi) is 7.29. The number of carbonyl (C=O) groups excluding carboxylic acids is 2. The average Bonchev–Trinajstić information content (AvgIpc) is 2.96. The van der Waals surface area contributed by atoms with E-state index in [1.807, 2.05) is 30.3 Å². The Bertz CT molecular complexity index is 1100. The highest BCUT2D eigenvalue weighted by Crippen LogP contribution is 2.35. The molecule has 2 aliphatic rings. The van der Waals surface area contributed by atoms with Gasteiger partial charge < -0.3 is 14.6 Å². The molecule has 2 aliphatic heterocycles. The molecule has 0 spiro atoms. The van der Waals surface area contributed by atoms with Crippen molar-refractivity contribution >= 4 is 35.0 Å². The maximum Gasteiger partial charge on any atom is 0.303 e. The average molecular weight is 469 g/mol. The molecule has 33 heavy (non-hydrogen) atoms. The first-order valence-corrected chi connectivity index (χ1v) is 11.7. The van der Waals surface area contributed by atoms with E-state index >= 15 is 0 Å². The van der Waals surface area contributed by atoms with Crippen LogP contribution in [0.5, 0.6) is 11.5 Å². The molecule has 1 aromatic heterocycles. The zero-order valence-electron chi connectivity index (χ0n) is 18.0. The normalized spacial score (nSPS) is 16.8. The lowest BCUT2D eigenvalue weighted by molar-refractivity contribution is -0.137. The van der Waals surface area contributed by atoms with E-state index in [0.717, 1.165) is 29.4 Å². The number of carboxylic acids is 1. The Morgan fingerprint density at radius 3 is 2.73 bits per heavy atom. The molecule has 0 radical (unpaired) electrons. The number of fused-ring (bicyclic) bond motifs is 1. The summed E-state index contributed by atoms with van der Waals surface area (Å²) in [6, 6.07) is 11.2. The van der Waals surface area contributed by atoms with E-state index in [0.29, 0.717) is 54.6 Å². The van der Waals surface area contributed by atoms with Crippen molar-refractivity contribution in [3.05, 3.63) is 47.0 Å². The van der Waals surface area contributed by atoms with Crippen molar-refractivity contribution in [2.75, 3.05) is 19.8 Å². The first-order valence-electron chi connectivity index (χ1n) is 10.9. The van der Waals surface area contributed by atoms with E-state index in [2.05, 4.69) is 4.98 Å². The van der Waals surface area contributed by atoms with Crippen LogP contribution in [0.1, 0.15) is 37.8 Å². The van der Waals surface area contributed by atoms with Crippen LogP contribution in [-0.4, -0.2) is 51.9 Å². The molecule has 0 aliphatic carbocycles. The number of amides is 2. The van der Waals surface area contributed by atoms with Crippen molar-refractivity contribution in [2.24, 2.45) is 0 Å². The molecule has 3 heterocycles. The topological polar surface area (TPSA) is 106 Å². The smallest absolute Gasteiger partial charge is 0.303 e. The van der Waals surface area contributed by atoms with Gasteiger partial charge in [-0.3, -0.25) is 19.3 Å². The monoisotopic (exact) mass is 468 g/mol. The zero-order valence-corrected chi connectivity index (χ0v) is 18.8. The van der Waals surface area contributed by atoms with Gasteiger partial charge in [-0.2, -0.15) is 0 Å². The summed E-state index contributed by atoms with van der Waals surface area (Å²) in [7, 11) is 0. The van der Waals surface area contributed by atoms with Crippen molar-refractivity contribution in [1.29, 1.82) is 0 Å². The molecule has 1 N–H and O–H groups in total. The van der Waals surface area contributed by atoms with Gasteiger partial charge in [0.15, 0.2) is 11.5 Å². The van der Waals surface area contributed by atoms with Crippen molar-refractivity contribution < 1.29 is 29.0 Å². The molecule has 9 heteroatoms. The fourth-order valence-electron chi connectivity index (χ4n) is 3.57. The van der Waals surface area contributed by atoms with E-state index < -0.39 is 5.97 Å². The Balaban J connectivity index is 1.45. The van der Waals surface area contributed by atoms with Crippen molar-refractivity contribution in [3.63, 3.8) is 0 Å². The SMILES string of the molecule is O=C(O)CCCCCN1C(=O)SC(=Cc2cccc(-c3ccc4c(c3)OCCCO4)n2)C1=O. The first-order chi connectivity index (χ1) is 16.0. The van der Waals surface area contributed by atoms with Crippen LogP contribution in [0.3, 0.4) is 0 Å². The van der Waals surface area contributed by atoms with Crippen LogP contribution >= 0.6 is 11.8 Å². The number of rotatable bonds is 8. The van der Waals surface area contributed by atoms with Crippen LogP contribution < -0.4 is 9.47 Å². The molecule has 0 unspecified atom stereocenters. The summed E-state index contributed by atoms with van der Waals surface area (Å²) in [5.74, 6) is 0.210. The third-order valence-corrected chi connectivity index (χ3v) is 6.15. The summed E-state index contributed by atoms with van der Waals surface area (Å²) in [5.41, 5.74) is 2.16. The number of carboxylic acid groups (broad SMARTS) is 1. The van der Waals surface area contributed by atoms with Gasteiger partial charge in [0.2, 0.25) is 0 Å². The minimum atomic E-state index is -0.842. The number of imide groups is 1. The Morgan fingerprint density at radius 1 is 1.09 bits per heavy atom. The van der Waals surface area contributed by atoms with E-state index in [1.54, 1.807) is 12.1 Å². The molecular weight excluding hydrogens is 444 g/mol. The highest BCUT2D eigenvalue weighted by molar-refractivity contribution is 8.18. The number of nitrogens with zero attached hydrogens (tertiary/aromatic N) is 2. The maximum atomic E-state index is 12.7. The summed E-state index contributed by atoms with van der Waals surface area (Å²) < 4.78 is 11.4. The van der Waals surface area contributed by atoms with Crippen LogP contribution in [0.2, 0.25) is 0 Å². The minimum absolute atomic E-state index is 0.0905. The summed E-state index contributed by atoms with van der Waals surface area (Å²) in [5, 5.41) is 8.38. The molecule has 0 atom stereocenters. The Labute approximate surface area is 195 Å². The van der Waals surface area contributed by atoms with Crippen LogP contribution in [0.4, 0.5) is 4.79 Å². The fraction of sp³-hybridized carbons (Fsp3) is 0.333. The van der Waals surface area contributed by atoms with Gasteiger partial charge in [0, 0.05) is 24.9 Å². The second-order valence-corrected chi connectivity index (χ2v) is 8.69. The van der Waals surface area contributed by atoms with Crippen molar-refractivity contribution in [1.82, 2.24) is 9.88 Å². The molecule has 172 valence electrons. The fourth-order valence-corrected chi connectivity index (χ4v) is 4.41. The van der Waals surface area contributed by atoms with Gasteiger partial charge in [-0.1, -0.05) is 12.5 Å². The van der Waals surface area contributed by atoms with E-state index in [4.69, 9.17) is 14.6 Å². The number of thioether (sulfide) groups is 1. The van der Waals surface area contributed by atoms with Gasteiger partial charge >= 0.3 is 5.97 Å².